The number of rotatable bonds is 13. The molecule has 3 atom stereocenters. The Bertz CT molecular complexity index is 668. The molecular formula is C16H25N5O6S. The zero-order valence-corrected chi connectivity index (χ0v) is 16.2. The second-order valence-corrected chi connectivity index (χ2v) is 7.05. The highest BCUT2D eigenvalue weighted by molar-refractivity contribution is 7.98. The number of carboxylic acid groups (broad SMARTS) is 2. The number of hydrogen-bond acceptors (Lipinski definition) is 7. The average molecular weight is 415 g/mol. The number of imidazole rings is 1. The third-order valence-corrected chi connectivity index (χ3v) is 4.49. The molecule has 7 N–H and O–H groups in total. The monoisotopic (exact) mass is 415 g/mol. The van der Waals surface area contributed by atoms with E-state index in [0.717, 1.165) is 0 Å². The lowest BCUT2D eigenvalue weighted by molar-refractivity contribution is -0.143. The van der Waals surface area contributed by atoms with E-state index in [1.54, 1.807) is 0 Å². The van der Waals surface area contributed by atoms with Crippen LogP contribution in [0.25, 0.3) is 0 Å². The van der Waals surface area contributed by atoms with Gasteiger partial charge in [0.1, 0.15) is 12.1 Å². The predicted octanol–water partition coefficient (Wildman–Crippen LogP) is -1.05. The molecule has 0 fully saturated rings. The average Bonchev–Trinajstić information content (AvgIpc) is 3.14. The van der Waals surface area contributed by atoms with E-state index < -0.39 is 48.3 Å². The Balaban J connectivity index is 2.84. The topological polar surface area (TPSA) is 187 Å². The summed E-state index contributed by atoms with van der Waals surface area (Å²) < 4.78 is 0. The first-order chi connectivity index (χ1) is 13.2. The van der Waals surface area contributed by atoms with Gasteiger partial charge in [-0.1, -0.05) is 0 Å². The molecule has 0 saturated carbocycles. The number of aliphatic carboxylic acids is 2. The van der Waals surface area contributed by atoms with Crippen molar-refractivity contribution >= 4 is 35.5 Å². The molecular weight excluding hydrogens is 390 g/mol. The van der Waals surface area contributed by atoms with Crippen molar-refractivity contribution < 1.29 is 29.4 Å². The van der Waals surface area contributed by atoms with Crippen LogP contribution < -0.4 is 16.4 Å². The van der Waals surface area contributed by atoms with Crippen LogP contribution in [-0.2, 0) is 25.6 Å². The molecule has 0 aromatic carbocycles. The van der Waals surface area contributed by atoms with Crippen molar-refractivity contribution in [1.29, 1.82) is 0 Å². The quantitative estimate of drug-likeness (QED) is 0.234. The van der Waals surface area contributed by atoms with Gasteiger partial charge in [-0.3, -0.25) is 14.4 Å². The third kappa shape index (κ3) is 8.39. The van der Waals surface area contributed by atoms with Gasteiger partial charge >= 0.3 is 11.9 Å². The molecule has 1 aromatic rings. The summed E-state index contributed by atoms with van der Waals surface area (Å²) in [6.07, 6.45) is 4.51. The molecule has 0 spiro atoms. The maximum absolute atomic E-state index is 12.6. The highest BCUT2D eigenvalue weighted by Gasteiger charge is 2.28. The number of amides is 2. The highest BCUT2D eigenvalue weighted by atomic mass is 32.2. The van der Waals surface area contributed by atoms with Crippen molar-refractivity contribution in [2.24, 2.45) is 5.73 Å². The molecule has 0 aliphatic heterocycles. The van der Waals surface area contributed by atoms with E-state index in [1.807, 2.05) is 6.26 Å². The molecule has 156 valence electrons. The number of nitrogens with zero attached hydrogens (tertiary/aromatic N) is 1. The molecule has 0 saturated heterocycles. The first kappa shape index (κ1) is 23.4. The minimum absolute atomic E-state index is 0.0398. The first-order valence-corrected chi connectivity index (χ1v) is 9.91. The van der Waals surface area contributed by atoms with Gasteiger partial charge in [0.05, 0.1) is 12.4 Å². The van der Waals surface area contributed by atoms with Crippen LogP contribution in [0.5, 0.6) is 0 Å². The van der Waals surface area contributed by atoms with E-state index in [0.29, 0.717) is 17.9 Å². The first-order valence-electron chi connectivity index (χ1n) is 8.51. The fraction of sp³-hybridized carbons (Fsp3) is 0.562. The van der Waals surface area contributed by atoms with Crippen molar-refractivity contribution in [3.63, 3.8) is 0 Å². The van der Waals surface area contributed by atoms with Gasteiger partial charge in [0, 0.05) is 24.7 Å². The largest absolute Gasteiger partial charge is 0.481 e. The Labute approximate surface area is 165 Å². The van der Waals surface area contributed by atoms with E-state index >= 15 is 0 Å². The van der Waals surface area contributed by atoms with Gasteiger partial charge in [-0.25, -0.2) is 9.78 Å². The number of nitrogens with two attached hydrogens (primary N) is 1. The van der Waals surface area contributed by atoms with Crippen molar-refractivity contribution in [3.05, 3.63) is 18.2 Å². The Kier molecular flexibility index (Phi) is 10.0. The van der Waals surface area contributed by atoms with Gasteiger partial charge in [-0.2, -0.15) is 11.8 Å². The van der Waals surface area contributed by atoms with Gasteiger partial charge in [0.2, 0.25) is 11.8 Å². The molecule has 0 bridgehead atoms. The van der Waals surface area contributed by atoms with Gasteiger partial charge in [0.15, 0.2) is 0 Å². The number of carboxylic acids is 2. The summed E-state index contributed by atoms with van der Waals surface area (Å²) in [6.45, 7) is 0. The number of carbonyl (C=O) groups is 4. The van der Waals surface area contributed by atoms with Crippen LogP contribution in [-0.4, -0.2) is 74.1 Å². The van der Waals surface area contributed by atoms with Crippen LogP contribution in [0.15, 0.2) is 12.5 Å². The lowest BCUT2D eigenvalue weighted by atomic mass is 10.1. The number of thioether (sulfide) groups is 1. The molecule has 0 radical (unpaired) electrons. The summed E-state index contributed by atoms with van der Waals surface area (Å²) in [5.41, 5.74) is 6.37. The SMILES string of the molecule is CSCCC(N)C(=O)NC(Cc1cnc[nH]1)C(=O)NC(CCC(=O)O)C(=O)O. The molecule has 28 heavy (non-hydrogen) atoms. The zero-order chi connectivity index (χ0) is 21.1. The van der Waals surface area contributed by atoms with Crippen LogP contribution in [0.3, 0.4) is 0 Å². The number of nitrogens with one attached hydrogen (secondary N) is 3. The molecule has 11 nitrogen and oxygen atoms in total. The summed E-state index contributed by atoms with van der Waals surface area (Å²) in [7, 11) is 0. The maximum atomic E-state index is 12.6. The lowest BCUT2D eigenvalue weighted by Gasteiger charge is -2.22. The summed E-state index contributed by atoms with van der Waals surface area (Å²) in [6, 6.07) is -3.30. The Morgan fingerprint density at radius 2 is 1.86 bits per heavy atom. The molecule has 0 aliphatic rings. The number of aromatic nitrogens is 2. The van der Waals surface area contributed by atoms with Crippen LogP contribution in [0.4, 0.5) is 0 Å². The van der Waals surface area contributed by atoms with E-state index in [-0.39, 0.29) is 12.8 Å². The summed E-state index contributed by atoms with van der Waals surface area (Å²) in [5, 5.41) is 22.7. The Morgan fingerprint density at radius 3 is 2.39 bits per heavy atom. The Morgan fingerprint density at radius 1 is 1.18 bits per heavy atom. The number of aromatic amines is 1. The lowest BCUT2D eigenvalue weighted by Crippen LogP contribution is -2.55. The van der Waals surface area contributed by atoms with E-state index in [1.165, 1.54) is 24.3 Å². The molecule has 1 heterocycles. The van der Waals surface area contributed by atoms with Crippen LogP contribution in [0, 0.1) is 0 Å². The fourth-order valence-corrected chi connectivity index (χ4v) is 2.77. The van der Waals surface area contributed by atoms with Crippen molar-refractivity contribution in [2.45, 2.75) is 43.8 Å². The van der Waals surface area contributed by atoms with E-state index in [9.17, 15) is 24.3 Å². The second kappa shape index (κ2) is 12.0. The minimum Gasteiger partial charge on any atom is -0.481 e. The molecule has 12 heteroatoms. The molecule has 1 rings (SSSR count). The zero-order valence-electron chi connectivity index (χ0n) is 15.4. The molecule has 2 amide bonds. The smallest absolute Gasteiger partial charge is 0.326 e. The fourth-order valence-electron chi connectivity index (χ4n) is 2.28. The number of carbonyl (C=O) groups excluding carboxylic acids is 2. The van der Waals surface area contributed by atoms with Gasteiger partial charge < -0.3 is 31.6 Å². The van der Waals surface area contributed by atoms with E-state index in [2.05, 4.69) is 20.6 Å². The van der Waals surface area contributed by atoms with Gasteiger partial charge in [-0.05, 0) is 24.9 Å². The summed E-state index contributed by atoms with van der Waals surface area (Å²) >= 11 is 1.53. The summed E-state index contributed by atoms with van der Waals surface area (Å²) in [4.78, 5) is 53.5. The summed E-state index contributed by atoms with van der Waals surface area (Å²) in [5.74, 6) is -3.16. The predicted molar refractivity (Wildman–Crippen MR) is 102 cm³/mol. The van der Waals surface area contributed by atoms with Crippen molar-refractivity contribution in [1.82, 2.24) is 20.6 Å². The van der Waals surface area contributed by atoms with Crippen LogP contribution >= 0.6 is 11.8 Å². The van der Waals surface area contributed by atoms with Crippen molar-refractivity contribution in [3.8, 4) is 0 Å². The third-order valence-electron chi connectivity index (χ3n) is 3.84. The number of H-pyrrole nitrogens is 1. The maximum Gasteiger partial charge on any atom is 0.326 e. The standard InChI is InChI=1S/C16H25N5O6S/c1-28-5-4-10(17)14(24)21-12(6-9-7-18-8-19-9)15(25)20-11(16(26)27)2-3-13(22)23/h7-8,10-12H,2-6,17H2,1H3,(H,18,19)(H,20,25)(H,21,24)(H,22,23)(H,26,27). The highest BCUT2D eigenvalue weighted by Crippen LogP contribution is 2.05. The van der Waals surface area contributed by atoms with Crippen LogP contribution in [0.2, 0.25) is 0 Å². The Hall–Kier alpha value is -2.60. The van der Waals surface area contributed by atoms with Crippen molar-refractivity contribution in [2.75, 3.05) is 12.0 Å². The normalized spacial score (nSPS) is 13.9. The van der Waals surface area contributed by atoms with Gasteiger partial charge in [-0.15, -0.1) is 0 Å². The van der Waals surface area contributed by atoms with Crippen LogP contribution in [0.1, 0.15) is 25.0 Å². The van der Waals surface area contributed by atoms with E-state index in [4.69, 9.17) is 10.8 Å². The molecule has 1 aromatic heterocycles. The second-order valence-electron chi connectivity index (χ2n) is 6.06. The number of hydrogen-bond donors (Lipinski definition) is 6. The molecule has 0 aliphatic carbocycles. The minimum atomic E-state index is -1.39. The van der Waals surface area contributed by atoms with Gasteiger partial charge in [0.25, 0.3) is 0 Å². The molecule has 3 unspecified atom stereocenters.